The molecule has 8 nitrogen and oxygen atoms in total. The van der Waals surface area contributed by atoms with Crippen LogP contribution in [0.1, 0.15) is 26.3 Å². The molecule has 0 saturated heterocycles. The van der Waals surface area contributed by atoms with Gasteiger partial charge in [0.05, 0.1) is 18.9 Å². The number of thioether (sulfide) groups is 1. The molecule has 0 aliphatic rings. The van der Waals surface area contributed by atoms with E-state index in [4.69, 9.17) is 20.0 Å². The van der Waals surface area contributed by atoms with E-state index in [1.54, 1.807) is 46.3 Å². The number of benzene rings is 1. The van der Waals surface area contributed by atoms with Gasteiger partial charge in [-0.3, -0.25) is 0 Å². The first-order chi connectivity index (χ1) is 12.6. The van der Waals surface area contributed by atoms with E-state index in [9.17, 15) is 9.59 Å². The Morgan fingerprint density at radius 2 is 1.89 bits per heavy atom. The second kappa shape index (κ2) is 10.7. The Hall–Kier alpha value is -2.42. The minimum absolute atomic E-state index is 0.0360. The van der Waals surface area contributed by atoms with Crippen molar-refractivity contribution in [1.29, 1.82) is 0 Å². The summed E-state index contributed by atoms with van der Waals surface area (Å²) in [4.78, 5) is 28.4. The topological polar surface area (TPSA) is 112 Å². The third-order valence-electron chi connectivity index (χ3n) is 3.16. The number of amides is 1. The average Bonchev–Trinajstić information content (AvgIpc) is 2.58. The lowest BCUT2D eigenvalue weighted by atomic mass is 10.1. The zero-order valence-corrected chi connectivity index (χ0v) is 17.1. The molecular formula is C18H27N3O5S. The van der Waals surface area contributed by atoms with Crippen molar-refractivity contribution in [3.05, 3.63) is 29.8 Å². The van der Waals surface area contributed by atoms with Crippen LogP contribution in [0.3, 0.4) is 0 Å². The van der Waals surface area contributed by atoms with Gasteiger partial charge in [0.25, 0.3) is 0 Å². The smallest absolute Gasteiger partial charge is 0.408 e. The average molecular weight is 397 g/mol. The summed E-state index contributed by atoms with van der Waals surface area (Å²) in [6, 6.07) is 6.57. The quantitative estimate of drug-likeness (QED) is 0.299. The van der Waals surface area contributed by atoms with Crippen molar-refractivity contribution < 1.29 is 23.9 Å². The second-order valence-electron chi connectivity index (χ2n) is 6.66. The molecule has 1 aromatic rings. The van der Waals surface area contributed by atoms with E-state index in [0.29, 0.717) is 12.2 Å². The van der Waals surface area contributed by atoms with Crippen molar-refractivity contribution in [2.24, 2.45) is 10.9 Å². The summed E-state index contributed by atoms with van der Waals surface area (Å²) in [5, 5.41) is 6.32. The van der Waals surface area contributed by atoms with Gasteiger partial charge in [0.2, 0.25) is 0 Å². The lowest BCUT2D eigenvalue weighted by Gasteiger charge is -2.23. The van der Waals surface area contributed by atoms with E-state index >= 15 is 0 Å². The Morgan fingerprint density at radius 1 is 1.26 bits per heavy atom. The number of nitrogens with two attached hydrogens (primary N) is 1. The zero-order valence-electron chi connectivity index (χ0n) is 16.3. The third-order valence-corrected chi connectivity index (χ3v) is 3.69. The summed E-state index contributed by atoms with van der Waals surface area (Å²) in [7, 11) is 1.58. The molecular weight excluding hydrogens is 370 g/mol. The minimum Gasteiger partial charge on any atom is -0.497 e. The largest absolute Gasteiger partial charge is 0.497 e. The molecule has 1 amide bonds. The number of alkyl carbamates (subject to hydrolysis) is 1. The Kier molecular flexibility index (Phi) is 8.93. The Morgan fingerprint density at radius 3 is 2.41 bits per heavy atom. The van der Waals surface area contributed by atoms with E-state index < -0.39 is 23.7 Å². The molecule has 150 valence electrons. The highest BCUT2D eigenvalue weighted by Gasteiger charge is 2.23. The van der Waals surface area contributed by atoms with Crippen LogP contribution in [0.2, 0.25) is 0 Å². The van der Waals surface area contributed by atoms with Gasteiger partial charge in [-0.1, -0.05) is 17.3 Å². The number of methoxy groups -OCH3 is 1. The number of carbonyl (C=O) groups excluding carboxylic acids is 2. The van der Waals surface area contributed by atoms with Gasteiger partial charge in [0, 0.05) is 6.42 Å². The van der Waals surface area contributed by atoms with Gasteiger partial charge in [0.15, 0.2) is 5.84 Å². The number of carbonyl (C=O) groups is 2. The van der Waals surface area contributed by atoms with Crippen LogP contribution in [-0.4, -0.2) is 48.7 Å². The van der Waals surface area contributed by atoms with Crippen molar-refractivity contribution in [2.75, 3.05) is 19.1 Å². The van der Waals surface area contributed by atoms with Crippen LogP contribution >= 0.6 is 11.8 Å². The van der Waals surface area contributed by atoms with Crippen molar-refractivity contribution in [1.82, 2.24) is 5.32 Å². The first kappa shape index (κ1) is 22.6. The van der Waals surface area contributed by atoms with E-state index in [-0.39, 0.29) is 11.6 Å². The Bertz CT molecular complexity index is 656. The van der Waals surface area contributed by atoms with Crippen LogP contribution in [0.4, 0.5) is 4.79 Å². The highest BCUT2D eigenvalue weighted by Crippen LogP contribution is 2.13. The van der Waals surface area contributed by atoms with Gasteiger partial charge in [-0.15, -0.1) is 0 Å². The molecule has 27 heavy (non-hydrogen) atoms. The molecule has 0 fully saturated rings. The lowest BCUT2D eigenvalue weighted by Crippen LogP contribution is -2.47. The number of amidine groups is 1. The first-order valence-corrected chi connectivity index (χ1v) is 9.68. The SMILES string of the molecule is COc1ccc(CC(NC(=O)OC(C)(C)C)C(N)=NOC(=O)CSC)cc1. The van der Waals surface area contributed by atoms with Crippen LogP contribution in [0.5, 0.6) is 5.75 Å². The predicted octanol–water partition coefficient (Wildman–Crippen LogP) is 2.31. The summed E-state index contributed by atoms with van der Waals surface area (Å²) in [5.41, 5.74) is 6.17. The molecule has 1 atom stereocenters. The fraction of sp³-hybridized carbons (Fsp3) is 0.500. The van der Waals surface area contributed by atoms with Crippen LogP contribution in [-0.2, 0) is 20.8 Å². The number of hydrogen-bond acceptors (Lipinski definition) is 7. The van der Waals surface area contributed by atoms with Crippen molar-refractivity contribution in [3.63, 3.8) is 0 Å². The highest BCUT2D eigenvalue weighted by molar-refractivity contribution is 7.99. The molecule has 0 aromatic heterocycles. The zero-order chi connectivity index (χ0) is 20.4. The van der Waals surface area contributed by atoms with Gasteiger partial charge in [-0.25, -0.2) is 9.59 Å². The van der Waals surface area contributed by atoms with E-state index in [0.717, 1.165) is 5.56 Å². The van der Waals surface area contributed by atoms with Crippen LogP contribution in [0.15, 0.2) is 29.4 Å². The van der Waals surface area contributed by atoms with E-state index in [1.807, 2.05) is 12.1 Å². The molecule has 0 heterocycles. The normalized spacial score (nSPS) is 12.9. The monoisotopic (exact) mass is 397 g/mol. The van der Waals surface area contributed by atoms with Crippen LogP contribution in [0.25, 0.3) is 0 Å². The molecule has 0 spiro atoms. The number of rotatable bonds is 8. The van der Waals surface area contributed by atoms with E-state index in [1.165, 1.54) is 11.8 Å². The molecule has 1 rings (SSSR count). The van der Waals surface area contributed by atoms with Gasteiger partial charge < -0.3 is 25.4 Å². The van der Waals surface area contributed by atoms with E-state index in [2.05, 4.69) is 10.5 Å². The minimum atomic E-state index is -0.713. The van der Waals surface area contributed by atoms with Gasteiger partial charge in [-0.2, -0.15) is 11.8 Å². The summed E-state index contributed by atoms with van der Waals surface area (Å²) < 4.78 is 10.4. The predicted molar refractivity (Wildman–Crippen MR) is 106 cm³/mol. The maximum absolute atomic E-state index is 12.1. The maximum atomic E-state index is 12.1. The van der Waals surface area contributed by atoms with Crippen LogP contribution in [0, 0.1) is 0 Å². The molecule has 1 unspecified atom stereocenters. The molecule has 1 aromatic carbocycles. The Balaban J connectivity index is 2.91. The first-order valence-electron chi connectivity index (χ1n) is 8.29. The standard InChI is InChI=1S/C18H27N3O5S/c1-18(2,3)25-17(23)20-14(16(19)21-26-15(22)11-27-5)10-12-6-8-13(24-4)9-7-12/h6-9,14H,10-11H2,1-5H3,(H2,19,21)(H,20,23). The molecule has 0 bridgehead atoms. The molecule has 9 heteroatoms. The van der Waals surface area contributed by atoms with Gasteiger partial charge in [-0.05, 0) is 44.7 Å². The molecule has 0 aliphatic carbocycles. The van der Waals surface area contributed by atoms with Gasteiger partial charge in [0.1, 0.15) is 11.4 Å². The number of oxime groups is 1. The molecule has 0 radical (unpaired) electrons. The summed E-state index contributed by atoms with van der Waals surface area (Å²) in [6.07, 6.45) is 1.46. The lowest BCUT2D eigenvalue weighted by molar-refractivity contribution is -0.140. The van der Waals surface area contributed by atoms with Crippen molar-refractivity contribution >= 4 is 29.7 Å². The van der Waals surface area contributed by atoms with Crippen LogP contribution < -0.4 is 15.8 Å². The Labute approximate surface area is 163 Å². The number of nitrogens with zero attached hydrogens (tertiary/aromatic N) is 1. The molecule has 3 N–H and O–H groups in total. The third kappa shape index (κ3) is 9.18. The fourth-order valence-corrected chi connectivity index (χ4v) is 2.28. The second-order valence-corrected chi connectivity index (χ2v) is 7.53. The summed E-state index contributed by atoms with van der Waals surface area (Å²) in [5.74, 6) is 0.305. The highest BCUT2D eigenvalue weighted by atomic mass is 32.2. The van der Waals surface area contributed by atoms with Crippen molar-refractivity contribution in [2.45, 2.75) is 38.8 Å². The molecule has 0 aliphatic heterocycles. The number of nitrogens with one attached hydrogen (secondary N) is 1. The number of ether oxygens (including phenoxy) is 2. The van der Waals surface area contributed by atoms with Crippen molar-refractivity contribution in [3.8, 4) is 5.75 Å². The van der Waals surface area contributed by atoms with Gasteiger partial charge >= 0.3 is 12.1 Å². The summed E-state index contributed by atoms with van der Waals surface area (Å²) >= 11 is 1.31. The molecule has 0 saturated carbocycles. The fourth-order valence-electron chi connectivity index (χ4n) is 1.99. The number of hydrogen-bond donors (Lipinski definition) is 2. The summed E-state index contributed by atoms with van der Waals surface area (Å²) in [6.45, 7) is 5.27. The maximum Gasteiger partial charge on any atom is 0.408 e.